The van der Waals surface area contributed by atoms with Gasteiger partial charge < -0.3 is 0 Å². The first-order chi connectivity index (χ1) is 14.9. The molecule has 4 rings (SSSR count). The number of carbonyl (C=O) groups excluding carboxylic acids is 2. The van der Waals surface area contributed by atoms with Gasteiger partial charge in [0.05, 0.1) is 0 Å². The van der Waals surface area contributed by atoms with E-state index in [-0.39, 0.29) is 5.41 Å². The first kappa shape index (κ1) is 24.0. The van der Waals surface area contributed by atoms with Crippen molar-refractivity contribution in [3.8, 4) is 0 Å². The first-order valence-electron chi connectivity index (χ1n) is 13.2. The van der Waals surface area contributed by atoms with Crippen LogP contribution in [0, 0.1) is 45.3 Å². The van der Waals surface area contributed by atoms with Crippen LogP contribution in [0.5, 0.6) is 0 Å². The van der Waals surface area contributed by atoms with Crippen LogP contribution in [-0.4, -0.2) is 12.1 Å². The number of aldehydes is 1. The lowest BCUT2D eigenvalue weighted by atomic mass is 9.35. The zero-order valence-corrected chi connectivity index (χ0v) is 21.6. The number of fused-ring (bicyclic) bond motifs is 5. The van der Waals surface area contributed by atoms with Crippen LogP contribution in [0.15, 0.2) is 23.8 Å². The van der Waals surface area contributed by atoms with Crippen molar-refractivity contribution in [1.82, 2.24) is 0 Å². The number of Topliss-reactive ketones (excluding diaryl/α,β-unsaturated/α-hetero) is 1. The average molecular weight is 439 g/mol. The number of hydrogen-bond acceptors (Lipinski definition) is 2. The highest BCUT2D eigenvalue weighted by molar-refractivity contribution is 5.85. The summed E-state index contributed by atoms with van der Waals surface area (Å²) in [6.45, 7) is 18.7. The molecule has 4 aliphatic rings. The van der Waals surface area contributed by atoms with E-state index in [2.05, 4.69) is 47.3 Å². The van der Waals surface area contributed by atoms with Gasteiger partial charge >= 0.3 is 0 Å². The minimum atomic E-state index is -0.161. The van der Waals surface area contributed by atoms with Gasteiger partial charge in [0.1, 0.15) is 12.1 Å². The van der Waals surface area contributed by atoms with E-state index in [1.807, 2.05) is 6.92 Å². The summed E-state index contributed by atoms with van der Waals surface area (Å²) in [6.07, 6.45) is 14.6. The molecule has 0 aromatic heterocycles. The molecule has 2 heteroatoms. The number of ketones is 1. The van der Waals surface area contributed by atoms with Gasteiger partial charge in [-0.15, -0.1) is 0 Å². The van der Waals surface area contributed by atoms with Gasteiger partial charge in [-0.3, -0.25) is 9.59 Å². The average Bonchev–Trinajstić information content (AvgIpc) is 3.09. The summed E-state index contributed by atoms with van der Waals surface area (Å²) < 4.78 is 0. The molecule has 0 aliphatic heterocycles. The van der Waals surface area contributed by atoms with Crippen molar-refractivity contribution in [1.29, 1.82) is 0 Å². The third-order valence-electron chi connectivity index (χ3n) is 11.8. The second kappa shape index (κ2) is 7.95. The second-order valence-electron chi connectivity index (χ2n) is 13.2. The van der Waals surface area contributed by atoms with E-state index < -0.39 is 0 Å². The number of rotatable bonds is 5. The Labute approximate surface area is 196 Å². The Morgan fingerprint density at radius 1 is 0.969 bits per heavy atom. The second-order valence-corrected chi connectivity index (χ2v) is 13.2. The van der Waals surface area contributed by atoms with Gasteiger partial charge in [-0.2, -0.15) is 0 Å². The maximum absolute atomic E-state index is 12.8. The molecule has 32 heavy (non-hydrogen) atoms. The van der Waals surface area contributed by atoms with E-state index >= 15 is 0 Å². The maximum Gasteiger partial charge on any atom is 0.145 e. The fourth-order valence-corrected chi connectivity index (χ4v) is 9.75. The van der Waals surface area contributed by atoms with Crippen LogP contribution in [0.25, 0.3) is 0 Å². The molecule has 0 spiro atoms. The SMILES string of the molecule is C=C(CCC=C(C)C=O)C1CCC2(C)C1CCC1C3(C)CCC(=O)C(C)(C)C3CCC12C. The summed E-state index contributed by atoms with van der Waals surface area (Å²) in [4.78, 5) is 23.7. The fraction of sp³-hybridized carbons (Fsp3) is 0.800. The van der Waals surface area contributed by atoms with Gasteiger partial charge in [0.2, 0.25) is 0 Å². The monoisotopic (exact) mass is 438 g/mol. The molecule has 0 radical (unpaired) electrons. The molecule has 0 aromatic carbocycles. The molecule has 0 bridgehead atoms. The van der Waals surface area contributed by atoms with Crippen LogP contribution in [-0.2, 0) is 9.59 Å². The minimum absolute atomic E-state index is 0.161. The summed E-state index contributed by atoms with van der Waals surface area (Å²) in [5.41, 5.74) is 3.12. The molecule has 0 aromatic rings. The zero-order chi connectivity index (χ0) is 23.5. The van der Waals surface area contributed by atoms with E-state index in [1.165, 1.54) is 44.1 Å². The van der Waals surface area contributed by atoms with Gasteiger partial charge in [-0.1, -0.05) is 52.8 Å². The van der Waals surface area contributed by atoms with Gasteiger partial charge in [0.15, 0.2) is 0 Å². The van der Waals surface area contributed by atoms with Crippen molar-refractivity contribution < 1.29 is 9.59 Å². The lowest BCUT2D eigenvalue weighted by molar-refractivity contribution is -0.201. The number of carbonyl (C=O) groups is 2. The molecule has 0 amide bonds. The third kappa shape index (κ3) is 3.25. The van der Waals surface area contributed by atoms with E-state index in [0.29, 0.717) is 33.9 Å². The summed E-state index contributed by atoms with van der Waals surface area (Å²) in [5, 5.41) is 0. The Hall–Kier alpha value is -1.18. The van der Waals surface area contributed by atoms with Crippen molar-refractivity contribution in [3.63, 3.8) is 0 Å². The molecule has 0 saturated heterocycles. The third-order valence-corrected chi connectivity index (χ3v) is 11.8. The molecule has 4 aliphatic carbocycles. The highest BCUT2D eigenvalue weighted by atomic mass is 16.1. The van der Waals surface area contributed by atoms with Gasteiger partial charge in [0, 0.05) is 11.8 Å². The van der Waals surface area contributed by atoms with Crippen molar-refractivity contribution in [2.45, 2.75) is 106 Å². The van der Waals surface area contributed by atoms with Gasteiger partial charge in [-0.25, -0.2) is 0 Å². The molecular formula is C30H46O2. The molecular weight excluding hydrogens is 392 g/mol. The predicted octanol–water partition coefficient (Wildman–Crippen LogP) is 7.72. The zero-order valence-electron chi connectivity index (χ0n) is 21.6. The Balaban J connectivity index is 1.57. The van der Waals surface area contributed by atoms with Crippen LogP contribution in [0.4, 0.5) is 0 Å². The lowest BCUT2D eigenvalue weighted by Crippen LogP contribution is -2.63. The summed E-state index contributed by atoms with van der Waals surface area (Å²) in [5.74, 6) is 3.14. The van der Waals surface area contributed by atoms with E-state index in [1.54, 1.807) is 0 Å². The normalized spacial score (nSPS) is 45.6. The van der Waals surface area contributed by atoms with Gasteiger partial charge in [0.25, 0.3) is 0 Å². The summed E-state index contributed by atoms with van der Waals surface area (Å²) in [6, 6.07) is 0. The largest absolute Gasteiger partial charge is 0.299 e. The van der Waals surface area contributed by atoms with Crippen LogP contribution < -0.4 is 0 Å². The molecule has 4 fully saturated rings. The molecule has 2 nitrogen and oxygen atoms in total. The highest BCUT2D eigenvalue weighted by Gasteiger charge is 2.68. The highest BCUT2D eigenvalue weighted by Crippen LogP contribution is 2.75. The maximum atomic E-state index is 12.8. The van der Waals surface area contributed by atoms with E-state index in [0.717, 1.165) is 49.4 Å². The molecule has 7 atom stereocenters. The van der Waals surface area contributed by atoms with Crippen molar-refractivity contribution >= 4 is 12.1 Å². The topological polar surface area (TPSA) is 34.1 Å². The van der Waals surface area contributed by atoms with Crippen LogP contribution in [0.3, 0.4) is 0 Å². The van der Waals surface area contributed by atoms with Crippen LogP contribution >= 0.6 is 0 Å². The van der Waals surface area contributed by atoms with Crippen molar-refractivity contribution in [3.05, 3.63) is 23.8 Å². The van der Waals surface area contributed by atoms with Crippen LogP contribution in [0.1, 0.15) is 106 Å². The molecule has 4 saturated carbocycles. The number of hydrogen-bond donors (Lipinski definition) is 0. The summed E-state index contributed by atoms with van der Waals surface area (Å²) in [7, 11) is 0. The molecule has 7 unspecified atom stereocenters. The van der Waals surface area contributed by atoms with Crippen molar-refractivity contribution in [2.24, 2.45) is 45.3 Å². The Morgan fingerprint density at radius 3 is 2.34 bits per heavy atom. The van der Waals surface area contributed by atoms with Crippen LogP contribution in [0.2, 0.25) is 0 Å². The Morgan fingerprint density at radius 2 is 1.66 bits per heavy atom. The molecule has 0 N–H and O–H groups in total. The Kier molecular flexibility index (Phi) is 5.95. The van der Waals surface area contributed by atoms with E-state index in [9.17, 15) is 9.59 Å². The number of allylic oxidation sites excluding steroid dienone is 3. The summed E-state index contributed by atoms with van der Waals surface area (Å²) >= 11 is 0. The Bertz CT molecular complexity index is 834. The van der Waals surface area contributed by atoms with E-state index in [4.69, 9.17) is 0 Å². The lowest BCUT2D eigenvalue weighted by Gasteiger charge is -2.69. The van der Waals surface area contributed by atoms with Crippen molar-refractivity contribution in [2.75, 3.05) is 0 Å². The smallest absolute Gasteiger partial charge is 0.145 e. The predicted molar refractivity (Wildman–Crippen MR) is 132 cm³/mol. The quantitative estimate of drug-likeness (QED) is 0.250. The molecule has 178 valence electrons. The molecule has 0 heterocycles. The first-order valence-corrected chi connectivity index (χ1v) is 13.2. The fourth-order valence-electron chi connectivity index (χ4n) is 9.75. The minimum Gasteiger partial charge on any atom is -0.299 e. The standard InChI is InChI=1S/C30H46O2/c1-20(19-31)9-8-10-21(2)22-13-17-29(6)23(22)11-12-25-28(5)16-15-26(32)27(3,4)24(28)14-18-30(25,29)7/h9,19,22-25H,2,8,10-18H2,1,3-7H3. The van der Waals surface area contributed by atoms with Gasteiger partial charge in [-0.05, 0) is 110 Å².